The predicted octanol–water partition coefficient (Wildman–Crippen LogP) is 6.47. The maximum absolute atomic E-state index is 10.3. The zero-order valence-corrected chi connectivity index (χ0v) is 17.6. The Hall–Kier alpha value is -0.0400. The van der Waals surface area contributed by atoms with Crippen LogP contribution in [-0.4, -0.2) is 10.2 Å². The van der Waals surface area contributed by atoms with Crippen molar-refractivity contribution in [3.63, 3.8) is 0 Å². The first kappa shape index (κ1) is 17.3. The maximum atomic E-state index is 10.3. The third-order valence-electron chi connectivity index (χ3n) is 3.40. The number of benzene rings is 2. The standard InChI is InChI=1S/C15H12Br4O2/c1-15(2,11-9(20)5-3-7(16)13(11)18)12-10(21)6-4-8(17)14(12)19/h3-6,20-21H,1-2H3. The van der Waals surface area contributed by atoms with Crippen LogP contribution in [0, 0.1) is 0 Å². The molecular weight excluding hydrogens is 532 g/mol. The van der Waals surface area contributed by atoms with Crippen molar-refractivity contribution in [3.05, 3.63) is 53.3 Å². The van der Waals surface area contributed by atoms with E-state index in [0.29, 0.717) is 11.1 Å². The quantitative estimate of drug-likeness (QED) is 0.456. The van der Waals surface area contributed by atoms with Gasteiger partial charge in [0.2, 0.25) is 0 Å². The van der Waals surface area contributed by atoms with E-state index in [1.807, 2.05) is 13.8 Å². The van der Waals surface area contributed by atoms with Gasteiger partial charge in [0.1, 0.15) is 11.5 Å². The summed E-state index contributed by atoms with van der Waals surface area (Å²) in [6.45, 7) is 3.90. The van der Waals surface area contributed by atoms with Crippen LogP contribution in [0.2, 0.25) is 0 Å². The van der Waals surface area contributed by atoms with Gasteiger partial charge >= 0.3 is 0 Å². The molecule has 0 amide bonds. The Morgan fingerprint density at radius 3 is 1.38 bits per heavy atom. The molecule has 6 heteroatoms. The van der Waals surface area contributed by atoms with Gasteiger partial charge in [0.05, 0.1) is 0 Å². The van der Waals surface area contributed by atoms with Crippen LogP contribution >= 0.6 is 63.7 Å². The monoisotopic (exact) mass is 540 g/mol. The minimum atomic E-state index is -0.626. The Balaban J connectivity index is 2.80. The molecule has 2 rings (SSSR count). The largest absolute Gasteiger partial charge is 0.508 e. The number of phenolic OH excluding ortho intramolecular Hbond substituents is 2. The number of phenols is 2. The number of halogens is 4. The van der Waals surface area contributed by atoms with Gasteiger partial charge < -0.3 is 10.2 Å². The van der Waals surface area contributed by atoms with Gasteiger partial charge in [-0.05, 0) is 88.0 Å². The Labute approximate surface area is 157 Å². The van der Waals surface area contributed by atoms with Crippen LogP contribution in [0.25, 0.3) is 0 Å². The van der Waals surface area contributed by atoms with E-state index in [1.165, 1.54) is 0 Å². The molecular formula is C15H12Br4O2. The minimum absolute atomic E-state index is 0.168. The lowest BCUT2D eigenvalue weighted by Gasteiger charge is -2.30. The highest BCUT2D eigenvalue weighted by molar-refractivity contribution is 9.13. The molecule has 21 heavy (non-hydrogen) atoms. The first-order valence-corrected chi connectivity index (χ1v) is 9.20. The van der Waals surface area contributed by atoms with Gasteiger partial charge in [0.15, 0.2) is 0 Å². The van der Waals surface area contributed by atoms with Crippen LogP contribution in [0.3, 0.4) is 0 Å². The molecule has 0 unspecified atom stereocenters. The van der Waals surface area contributed by atoms with E-state index in [9.17, 15) is 10.2 Å². The Kier molecular flexibility index (Phi) is 5.13. The van der Waals surface area contributed by atoms with Gasteiger partial charge in [-0.3, -0.25) is 0 Å². The van der Waals surface area contributed by atoms with Crippen LogP contribution in [0.5, 0.6) is 11.5 Å². The summed E-state index contributed by atoms with van der Waals surface area (Å²) in [4.78, 5) is 0. The summed E-state index contributed by atoms with van der Waals surface area (Å²) < 4.78 is 3.21. The summed E-state index contributed by atoms with van der Waals surface area (Å²) in [5.74, 6) is 0.336. The first-order valence-electron chi connectivity index (χ1n) is 6.02. The average molecular weight is 544 g/mol. The van der Waals surface area contributed by atoms with Crippen molar-refractivity contribution >= 4 is 63.7 Å². The van der Waals surface area contributed by atoms with Crippen LogP contribution < -0.4 is 0 Å². The third kappa shape index (κ3) is 3.05. The maximum Gasteiger partial charge on any atom is 0.120 e. The molecule has 0 fully saturated rings. The van der Waals surface area contributed by atoms with Crippen molar-refractivity contribution < 1.29 is 10.2 Å². The molecule has 0 radical (unpaired) electrons. The topological polar surface area (TPSA) is 40.5 Å². The normalized spacial score (nSPS) is 11.7. The molecule has 2 N–H and O–H groups in total. The molecule has 2 aromatic rings. The van der Waals surface area contributed by atoms with Crippen molar-refractivity contribution in [2.24, 2.45) is 0 Å². The Morgan fingerprint density at radius 2 is 1.05 bits per heavy atom. The number of hydrogen-bond donors (Lipinski definition) is 2. The first-order chi connectivity index (χ1) is 9.67. The van der Waals surface area contributed by atoms with Crippen LogP contribution in [0.1, 0.15) is 25.0 Å². The molecule has 0 aliphatic heterocycles. The zero-order valence-electron chi connectivity index (χ0n) is 11.2. The van der Waals surface area contributed by atoms with Crippen LogP contribution in [-0.2, 0) is 5.41 Å². The van der Waals surface area contributed by atoms with Gasteiger partial charge in [0.25, 0.3) is 0 Å². The highest BCUT2D eigenvalue weighted by atomic mass is 79.9. The van der Waals surface area contributed by atoms with Gasteiger partial charge in [-0.25, -0.2) is 0 Å². The Bertz CT molecular complexity index is 652. The summed E-state index contributed by atoms with van der Waals surface area (Å²) in [6.07, 6.45) is 0. The lowest BCUT2D eigenvalue weighted by molar-refractivity contribution is 0.433. The van der Waals surface area contributed by atoms with Gasteiger partial charge in [-0.15, -0.1) is 0 Å². The van der Waals surface area contributed by atoms with Crippen molar-refractivity contribution in [1.82, 2.24) is 0 Å². The van der Waals surface area contributed by atoms with Crippen molar-refractivity contribution in [2.75, 3.05) is 0 Å². The molecule has 0 heterocycles. The summed E-state index contributed by atoms with van der Waals surface area (Å²) in [6, 6.07) is 6.81. The van der Waals surface area contributed by atoms with Crippen molar-refractivity contribution in [2.45, 2.75) is 19.3 Å². The Morgan fingerprint density at radius 1 is 0.714 bits per heavy atom. The zero-order chi connectivity index (χ0) is 15.9. The van der Waals surface area contributed by atoms with Gasteiger partial charge in [0, 0.05) is 34.4 Å². The second-order valence-electron chi connectivity index (χ2n) is 5.14. The van der Waals surface area contributed by atoms with Gasteiger partial charge in [-0.2, -0.15) is 0 Å². The van der Waals surface area contributed by atoms with E-state index in [0.717, 1.165) is 17.9 Å². The fourth-order valence-electron chi connectivity index (χ4n) is 2.39. The molecule has 2 nitrogen and oxygen atoms in total. The molecule has 0 aliphatic carbocycles. The summed E-state index contributed by atoms with van der Waals surface area (Å²) >= 11 is 13.9. The highest BCUT2D eigenvalue weighted by Crippen LogP contribution is 2.49. The number of rotatable bonds is 2. The number of aromatic hydroxyl groups is 2. The van der Waals surface area contributed by atoms with E-state index < -0.39 is 5.41 Å². The summed E-state index contributed by atoms with van der Waals surface area (Å²) in [5, 5.41) is 20.6. The van der Waals surface area contributed by atoms with E-state index in [4.69, 9.17) is 0 Å². The molecule has 0 aliphatic rings. The smallest absolute Gasteiger partial charge is 0.120 e. The lowest BCUT2D eigenvalue weighted by atomic mass is 9.77. The average Bonchev–Trinajstić information content (AvgIpc) is 2.39. The van der Waals surface area contributed by atoms with Gasteiger partial charge in [-0.1, -0.05) is 13.8 Å². The molecule has 0 atom stereocenters. The predicted molar refractivity (Wildman–Crippen MR) is 99.1 cm³/mol. The molecule has 2 aromatic carbocycles. The van der Waals surface area contributed by atoms with E-state index in [2.05, 4.69) is 63.7 Å². The third-order valence-corrected chi connectivity index (χ3v) is 7.43. The SMILES string of the molecule is CC(C)(c1c(O)ccc(Br)c1Br)c1c(O)ccc(Br)c1Br. The molecule has 0 saturated carbocycles. The second kappa shape index (κ2) is 6.22. The van der Waals surface area contributed by atoms with E-state index in [1.54, 1.807) is 24.3 Å². The summed E-state index contributed by atoms with van der Waals surface area (Å²) in [5.41, 5.74) is 0.774. The summed E-state index contributed by atoms with van der Waals surface area (Å²) in [7, 11) is 0. The van der Waals surface area contributed by atoms with Crippen LogP contribution in [0.15, 0.2) is 42.2 Å². The fourth-order valence-corrected chi connectivity index (χ4v) is 4.72. The van der Waals surface area contributed by atoms with Crippen LogP contribution in [0.4, 0.5) is 0 Å². The molecule has 0 saturated heterocycles. The molecule has 0 aromatic heterocycles. The van der Waals surface area contributed by atoms with E-state index in [-0.39, 0.29) is 11.5 Å². The van der Waals surface area contributed by atoms with E-state index >= 15 is 0 Å². The fraction of sp³-hybridized carbons (Fsp3) is 0.200. The second-order valence-corrected chi connectivity index (χ2v) is 8.43. The minimum Gasteiger partial charge on any atom is -0.508 e. The molecule has 112 valence electrons. The van der Waals surface area contributed by atoms with Crippen molar-refractivity contribution in [3.8, 4) is 11.5 Å². The molecule has 0 bridgehead atoms. The van der Waals surface area contributed by atoms with Crippen molar-refractivity contribution in [1.29, 1.82) is 0 Å². The number of hydrogen-bond acceptors (Lipinski definition) is 2. The lowest BCUT2D eigenvalue weighted by Crippen LogP contribution is -2.21. The highest BCUT2D eigenvalue weighted by Gasteiger charge is 2.34. The molecule has 0 spiro atoms.